The molecule has 5 heteroatoms. The minimum atomic E-state index is -4.39. The molecular formula is C20H37NO3S. The lowest BCUT2D eigenvalue weighted by atomic mass is 9.96. The largest absolute Gasteiger partial charge is 0.744 e. The SMILES string of the molecule is CCCCCCCc1cccc(S(=O)(=O)[O-])c1CCCCCCC.[NH4+]. The molecule has 0 spiro atoms. The van der Waals surface area contributed by atoms with E-state index in [2.05, 4.69) is 13.8 Å². The quantitative estimate of drug-likeness (QED) is 0.340. The van der Waals surface area contributed by atoms with E-state index in [0.29, 0.717) is 6.42 Å². The fourth-order valence-corrected chi connectivity index (χ4v) is 3.97. The summed E-state index contributed by atoms with van der Waals surface area (Å²) in [6.07, 6.45) is 13.1. The Hall–Kier alpha value is -0.910. The second-order valence-electron chi connectivity index (χ2n) is 6.68. The van der Waals surface area contributed by atoms with Crippen molar-refractivity contribution >= 4 is 10.1 Å². The summed E-state index contributed by atoms with van der Waals surface area (Å²) in [5.74, 6) is 0. The third kappa shape index (κ3) is 9.38. The Morgan fingerprint density at radius 3 is 1.84 bits per heavy atom. The molecule has 1 aromatic rings. The molecule has 0 amide bonds. The van der Waals surface area contributed by atoms with Crippen LogP contribution in [0.1, 0.15) is 89.2 Å². The molecule has 0 aliphatic heterocycles. The molecule has 1 rings (SSSR count). The number of unbranched alkanes of at least 4 members (excludes halogenated alkanes) is 8. The van der Waals surface area contributed by atoms with Crippen LogP contribution in [0.4, 0.5) is 0 Å². The first kappa shape index (κ1) is 24.1. The van der Waals surface area contributed by atoms with E-state index in [1.54, 1.807) is 6.07 Å². The van der Waals surface area contributed by atoms with E-state index in [4.69, 9.17) is 0 Å². The molecular weight excluding hydrogens is 334 g/mol. The van der Waals surface area contributed by atoms with Gasteiger partial charge in [-0.2, -0.15) is 0 Å². The van der Waals surface area contributed by atoms with Crippen molar-refractivity contribution in [2.24, 2.45) is 0 Å². The normalized spacial score (nSPS) is 11.3. The van der Waals surface area contributed by atoms with Crippen molar-refractivity contribution in [2.45, 2.75) is 95.8 Å². The molecule has 0 aromatic heterocycles. The van der Waals surface area contributed by atoms with Crippen molar-refractivity contribution in [1.82, 2.24) is 6.15 Å². The number of benzene rings is 1. The van der Waals surface area contributed by atoms with Crippen LogP contribution in [0.2, 0.25) is 0 Å². The predicted octanol–water partition coefficient (Wildman–Crippen LogP) is 5.99. The molecule has 25 heavy (non-hydrogen) atoms. The van der Waals surface area contributed by atoms with Gasteiger partial charge in [-0.15, -0.1) is 0 Å². The van der Waals surface area contributed by atoms with Gasteiger partial charge in [-0.1, -0.05) is 77.3 Å². The maximum Gasteiger partial charge on any atom is 0.124 e. The summed E-state index contributed by atoms with van der Waals surface area (Å²) in [6.45, 7) is 4.37. The molecule has 146 valence electrons. The number of hydrogen-bond acceptors (Lipinski definition) is 3. The van der Waals surface area contributed by atoms with Crippen molar-refractivity contribution in [1.29, 1.82) is 0 Å². The highest BCUT2D eigenvalue weighted by atomic mass is 32.2. The molecule has 0 heterocycles. The molecule has 0 atom stereocenters. The maximum absolute atomic E-state index is 11.6. The maximum atomic E-state index is 11.6. The Kier molecular flexibility index (Phi) is 12.8. The first-order valence-corrected chi connectivity index (χ1v) is 11.0. The zero-order valence-electron chi connectivity index (χ0n) is 16.4. The minimum Gasteiger partial charge on any atom is -0.744 e. The van der Waals surface area contributed by atoms with E-state index >= 15 is 0 Å². The zero-order chi connectivity index (χ0) is 17.8. The van der Waals surface area contributed by atoms with Crippen molar-refractivity contribution < 1.29 is 13.0 Å². The lowest BCUT2D eigenvalue weighted by Gasteiger charge is -2.17. The summed E-state index contributed by atoms with van der Waals surface area (Å²) >= 11 is 0. The second kappa shape index (κ2) is 13.3. The fourth-order valence-electron chi connectivity index (χ4n) is 3.19. The highest BCUT2D eigenvalue weighted by Gasteiger charge is 2.13. The molecule has 0 bridgehead atoms. The Morgan fingerprint density at radius 1 is 0.800 bits per heavy atom. The lowest BCUT2D eigenvalue weighted by Crippen LogP contribution is -2.07. The van der Waals surface area contributed by atoms with Gasteiger partial charge in [-0.25, -0.2) is 8.42 Å². The van der Waals surface area contributed by atoms with Crippen molar-refractivity contribution in [2.75, 3.05) is 0 Å². The molecule has 4 N–H and O–H groups in total. The van der Waals surface area contributed by atoms with Crippen LogP contribution in [0.25, 0.3) is 0 Å². The van der Waals surface area contributed by atoms with Gasteiger partial charge in [-0.05, 0) is 42.9 Å². The van der Waals surface area contributed by atoms with Gasteiger partial charge >= 0.3 is 0 Å². The first-order valence-electron chi connectivity index (χ1n) is 9.57. The minimum absolute atomic E-state index is 0. The van der Waals surface area contributed by atoms with Crippen LogP contribution in [0.15, 0.2) is 23.1 Å². The Morgan fingerprint density at radius 2 is 1.32 bits per heavy atom. The zero-order valence-corrected chi connectivity index (χ0v) is 17.2. The summed E-state index contributed by atoms with van der Waals surface area (Å²) in [5, 5.41) is 0. The number of rotatable bonds is 13. The molecule has 1 aromatic carbocycles. The van der Waals surface area contributed by atoms with E-state index in [9.17, 15) is 13.0 Å². The van der Waals surface area contributed by atoms with Gasteiger partial charge in [-0.3, -0.25) is 0 Å². The third-order valence-corrected chi connectivity index (χ3v) is 5.50. The van der Waals surface area contributed by atoms with Gasteiger partial charge in [0.15, 0.2) is 0 Å². The van der Waals surface area contributed by atoms with E-state index in [-0.39, 0.29) is 11.0 Å². The summed E-state index contributed by atoms with van der Waals surface area (Å²) in [7, 11) is -4.39. The van der Waals surface area contributed by atoms with Gasteiger partial charge < -0.3 is 10.7 Å². The summed E-state index contributed by atoms with van der Waals surface area (Å²) in [5.41, 5.74) is 1.83. The molecule has 0 aliphatic carbocycles. The Labute approximate surface area is 154 Å². The lowest BCUT2D eigenvalue weighted by molar-refractivity contribution is 0.461. The number of quaternary nitrogens is 1. The Bertz CT molecular complexity index is 570. The first-order chi connectivity index (χ1) is 11.5. The van der Waals surface area contributed by atoms with Gasteiger partial charge in [0.2, 0.25) is 0 Å². The molecule has 0 saturated carbocycles. The number of aryl methyl sites for hydroxylation is 1. The van der Waals surface area contributed by atoms with Crippen LogP contribution in [0, 0.1) is 0 Å². The summed E-state index contributed by atoms with van der Waals surface area (Å²) in [4.78, 5) is 0.00375. The molecule has 0 unspecified atom stereocenters. The Balaban J connectivity index is 0.00000576. The van der Waals surface area contributed by atoms with Gasteiger partial charge in [0, 0.05) is 0 Å². The summed E-state index contributed by atoms with van der Waals surface area (Å²) in [6, 6.07) is 5.19. The fraction of sp³-hybridized carbons (Fsp3) is 0.700. The van der Waals surface area contributed by atoms with Crippen LogP contribution < -0.4 is 6.15 Å². The highest BCUT2D eigenvalue weighted by Crippen LogP contribution is 2.24. The molecule has 0 saturated heterocycles. The van der Waals surface area contributed by atoms with E-state index in [0.717, 1.165) is 43.2 Å². The van der Waals surface area contributed by atoms with Gasteiger partial charge in [0.1, 0.15) is 10.1 Å². The molecule has 0 fully saturated rings. The van der Waals surface area contributed by atoms with Crippen molar-refractivity contribution in [3.05, 3.63) is 29.3 Å². The topological polar surface area (TPSA) is 93.7 Å². The molecule has 4 nitrogen and oxygen atoms in total. The average Bonchev–Trinajstić information content (AvgIpc) is 2.54. The van der Waals surface area contributed by atoms with Crippen LogP contribution in [-0.4, -0.2) is 13.0 Å². The van der Waals surface area contributed by atoms with Gasteiger partial charge in [0.05, 0.1) is 4.90 Å². The molecule has 0 radical (unpaired) electrons. The van der Waals surface area contributed by atoms with Crippen molar-refractivity contribution in [3.63, 3.8) is 0 Å². The average molecular weight is 372 g/mol. The van der Waals surface area contributed by atoms with E-state index < -0.39 is 10.1 Å². The van der Waals surface area contributed by atoms with E-state index in [1.165, 1.54) is 44.6 Å². The molecule has 0 aliphatic rings. The highest BCUT2D eigenvalue weighted by molar-refractivity contribution is 7.85. The van der Waals surface area contributed by atoms with Crippen LogP contribution >= 0.6 is 0 Å². The number of hydrogen-bond donors (Lipinski definition) is 1. The standard InChI is InChI=1S/C20H34O3S.H3N/c1-3-5-7-9-11-14-18-15-13-17-20(24(21,22)23)19(18)16-12-10-8-6-4-2;/h13,15,17H,3-12,14,16H2,1-2H3,(H,21,22,23);1H3. The smallest absolute Gasteiger partial charge is 0.124 e. The third-order valence-electron chi connectivity index (χ3n) is 4.58. The second-order valence-corrected chi connectivity index (χ2v) is 8.02. The predicted molar refractivity (Wildman–Crippen MR) is 105 cm³/mol. The van der Waals surface area contributed by atoms with E-state index in [1.807, 2.05) is 6.07 Å². The summed E-state index contributed by atoms with van der Waals surface area (Å²) < 4.78 is 34.8. The van der Waals surface area contributed by atoms with Gasteiger partial charge in [0.25, 0.3) is 0 Å². The van der Waals surface area contributed by atoms with Crippen molar-refractivity contribution in [3.8, 4) is 0 Å². The van der Waals surface area contributed by atoms with Crippen LogP contribution in [0.3, 0.4) is 0 Å². The van der Waals surface area contributed by atoms with Crippen LogP contribution in [-0.2, 0) is 23.0 Å². The van der Waals surface area contributed by atoms with Crippen LogP contribution in [0.5, 0.6) is 0 Å². The monoisotopic (exact) mass is 371 g/mol.